The third-order valence-electron chi connectivity index (χ3n) is 3.79. The van der Waals surface area contributed by atoms with Crippen molar-refractivity contribution in [2.45, 2.75) is 0 Å². The molecule has 0 amide bonds. The summed E-state index contributed by atoms with van der Waals surface area (Å²) in [5.41, 5.74) is 0. The van der Waals surface area contributed by atoms with Crippen molar-refractivity contribution in [2.75, 3.05) is 0 Å². The average Bonchev–Trinajstić information content (AvgIpc) is 2.50. The molecule has 2 heteroatoms. The molecule has 0 unspecified atom stereocenters. The van der Waals surface area contributed by atoms with E-state index in [9.17, 15) is 0 Å². The van der Waals surface area contributed by atoms with Gasteiger partial charge in [-0.25, -0.2) is 0 Å². The van der Waals surface area contributed by atoms with Crippen molar-refractivity contribution in [2.24, 2.45) is 0 Å². The van der Waals surface area contributed by atoms with Gasteiger partial charge in [-0.15, -0.1) is 0 Å². The number of halogens is 2. The van der Waals surface area contributed by atoms with Gasteiger partial charge in [-0.1, -0.05) is 64.5 Å². The summed E-state index contributed by atoms with van der Waals surface area (Å²) in [5, 5.41) is 7.93. The molecule has 4 aromatic rings. The Bertz CT molecular complexity index is 893. The zero-order valence-corrected chi connectivity index (χ0v) is 14.3. The normalized spacial score (nSPS) is 11.5. The van der Waals surface area contributed by atoms with E-state index in [1.54, 1.807) is 0 Å². The minimum atomic E-state index is 1.16. The molecule has 0 N–H and O–H groups in total. The lowest BCUT2D eigenvalue weighted by atomic mass is 9.94. The lowest BCUT2D eigenvalue weighted by Gasteiger charge is -2.12. The Balaban J connectivity index is 2.49. The maximum Gasteiger partial charge on any atom is 0.0260 e. The number of hydrogen-bond donors (Lipinski definition) is 0. The highest BCUT2D eigenvalue weighted by Crippen LogP contribution is 2.40. The topological polar surface area (TPSA) is 0 Å². The first kappa shape index (κ1) is 12.6. The van der Waals surface area contributed by atoms with Crippen LogP contribution in [0.3, 0.4) is 0 Å². The van der Waals surface area contributed by atoms with Gasteiger partial charge in [-0.2, -0.15) is 0 Å². The van der Waals surface area contributed by atoms with Crippen molar-refractivity contribution in [3.8, 4) is 0 Å². The van der Waals surface area contributed by atoms with Crippen molar-refractivity contribution in [1.82, 2.24) is 0 Å². The summed E-state index contributed by atoms with van der Waals surface area (Å²) in [7, 11) is 0. The van der Waals surface area contributed by atoms with E-state index in [0.29, 0.717) is 0 Å². The minimum Gasteiger partial charge on any atom is -0.0616 e. The summed E-state index contributed by atoms with van der Waals surface area (Å²) < 4.78 is 2.46. The van der Waals surface area contributed by atoms with Crippen LogP contribution >= 0.6 is 38.5 Å². The molecule has 0 radical (unpaired) electrons. The van der Waals surface area contributed by atoms with E-state index in [-0.39, 0.29) is 0 Å². The molecule has 0 saturated carbocycles. The highest BCUT2D eigenvalue weighted by atomic mass is 127. The molecule has 0 heterocycles. The van der Waals surface area contributed by atoms with Gasteiger partial charge in [-0.3, -0.25) is 0 Å². The Morgan fingerprint density at radius 2 is 1.10 bits per heavy atom. The molecule has 0 aromatic heterocycles. The van der Waals surface area contributed by atoms with Crippen molar-refractivity contribution in [1.29, 1.82) is 0 Å². The maximum atomic E-state index is 3.73. The van der Waals surface area contributed by atoms with Crippen LogP contribution in [0.2, 0.25) is 0 Å². The molecule has 0 saturated heterocycles. The smallest absolute Gasteiger partial charge is 0.0260 e. The van der Waals surface area contributed by atoms with Crippen LogP contribution in [-0.2, 0) is 0 Å². The lowest BCUT2D eigenvalue weighted by molar-refractivity contribution is 1.71. The van der Waals surface area contributed by atoms with Crippen LogP contribution < -0.4 is 0 Å². The molecule has 0 aliphatic carbocycles. The zero-order valence-electron chi connectivity index (χ0n) is 10.5. The summed E-state index contributed by atoms with van der Waals surface area (Å²) in [6.07, 6.45) is 0. The predicted molar refractivity (Wildman–Crippen MR) is 99.4 cm³/mol. The Morgan fingerprint density at radius 1 is 0.600 bits per heavy atom. The van der Waals surface area contributed by atoms with Crippen LogP contribution in [0.25, 0.3) is 32.3 Å². The van der Waals surface area contributed by atoms with Gasteiger partial charge in [-0.05, 0) is 56.3 Å². The van der Waals surface area contributed by atoms with Gasteiger partial charge in [0.25, 0.3) is 0 Å². The predicted octanol–water partition coefficient (Wildman–Crippen LogP) is 6.51. The van der Waals surface area contributed by atoms with Crippen LogP contribution in [0.1, 0.15) is 0 Å². The maximum absolute atomic E-state index is 3.73. The van der Waals surface area contributed by atoms with Gasteiger partial charge in [0.2, 0.25) is 0 Å². The fourth-order valence-corrected chi connectivity index (χ4v) is 4.23. The summed E-state index contributed by atoms with van der Waals surface area (Å²) in [6.45, 7) is 0. The van der Waals surface area contributed by atoms with Gasteiger partial charge in [0, 0.05) is 18.8 Å². The molecule has 0 bridgehead atoms. The molecule has 0 spiro atoms. The van der Waals surface area contributed by atoms with Gasteiger partial charge in [0.15, 0.2) is 0 Å². The van der Waals surface area contributed by atoms with Gasteiger partial charge in [0.05, 0.1) is 0 Å². The Kier molecular flexibility index (Phi) is 2.97. The van der Waals surface area contributed by atoms with Crippen molar-refractivity contribution in [3.63, 3.8) is 0 Å². The quantitative estimate of drug-likeness (QED) is 0.219. The molecular formula is C18H10BrI. The van der Waals surface area contributed by atoms with Gasteiger partial charge >= 0.3 is 0 Å². The van der Waals surface area contributed by atoms with E-state index >= 15 is 0 Å². The van der Waals surface area contributed by atoms with Crippen LogP contribution in [0, 0.1) is 3.57 Å². The van der Waals surface area contributed by atoms with Crippen molar-refractivity contribution >= 4 is 70.8 Å². The number of rotatable bonds is 0. The third-order valence-corrected chi connectivity index (χ3v) is 5.35. The minimum absolute atomic E-state index is 1.16. The molecule has 96 valence electrons. The first-order valence-electron chi connectivity index (χ1n) is 6.44. The van der Waals surface area contributed by atoms with E-state index in [1.165, 1.54) is 35.9 Å². The first-order chi connectivity index (χ1) is 9.77. The van der Waals surface area contributed by atoms with Gasteiger partial charge < -0.3 is 0 Å². The van der Waals surface area contributed by atoms with E-state index < -0.39 is 0 Å². The molecule has 0 aliphatic heterocycles. The van der Waals surface area contributed by atoms with E-state index in [0.717, 1.165) is 4.47 Å². The molecule has 0 nitrogen and oxygen atoms in total. The van der Waals surface area contributed by atoms with Crippen LogP contribution in [0.5, 0.6) is 0 Å². The van der Waals surface area contributed by atoms with E-state index in [1.807, 2.05) is 0 Å². The molecule has 0 fully saturated rings. The Morgan fingerprint density at radius 3 is 1.70 bits per heavy atom. The van der Waals surface area contributed by atoms with Crippen molar-refractivity contribution in [3.05, 3.63) is 68.7 Å². The number of hydrogen-bond acceptors (Lipinski definition) is 0. The van der Waals surface area contributed by atoms with E-state index in [4.69, 9.17) is 0 Å². The zero-order chi connectivity index (χ0) is 13.7. The molecular weight excluding hydrogens is 423 g/mol. The average molecular weight is 433 g/mol. The Hall–Kier alpha value is -1.13. The standard InChI is InChI=1S/C18H10BrI/c19-15-9-10-16(20)18-14-8-4-2-6-12(14)11-5-1-3-7-13(11)17(15)18/h1-10H. The summed E-state index contributed by atoms with van der Waals surface area (Å²) in [5.74, 6) is 0. The number of fused-ring (bicyclic) bond motifs is 6. The molecule has 20 heavy (non-hydrogen) atoms. The summed E-state index contributed by atoms with van der Waals surface area (Å²) in [6, 6.07) is 21.6. The SMILES string of the molecule is Brc1ccc(I)c2c3ccccc3c3ccccc3c12. The van der Waals surface area contributed by atoms with Gasteiger partial charge in [0.1, 0.15) is 0 Å². The highest BCUT2D eigenvalue weighted by Gasteiger charge is 2.12. The molecule has 4 aromatic carbocycles. The summed E-state index contributed by atoms with van der Waals surface area (Å²) in [4.78, 5) is 0. The molecule has 0 aliphatic rings. The largest absolute Gasteiger partial charge is 0.0616 e. The first-order valence-corrected chi connectivity index (χ1v) is 8.32. The second kappa shape index (κ2) is 4.71. The number of benzene rings is 4. The van der Waals surface area contributed by atoms with Crippen LogP contribution in [0.4, 0.5) is 0 Å². The Labute approximate surface area is 139 Å². The lowest BCUT2D eigenvalue weighted by Crippen LogP contribution is -1.86. The summed E-state index contributed by atoms with van der Waals surface area (Å²) >= 11 is 6.17. The van der Waals surface area contributed by atoms with Crippen LogP contribution in [0.15, 0.2) is 65.1 Å². The van der Waals surface area contributed by atoms with Crippen LogP contribution in [-0.4, -0.2) is 0 Å². The third kappa shape index (κ3) is 1.71. The second-order valence-electron chi connectivity index (χ2n) is 4.87. The fraction of sp³-hybridized carbons (Fsp3) is 0. The second-order valence-corrected chi connectivity index (χ2v) is 6.89. The fourth-order valence-electron chi connectivity index (χ4n) is 2.95. The van der Waals surface area contributed by atoms with Crippen molar-refractivity contribution < 1.29 is 0 Å². The van der Waals surface area contributed by atoms with E-state index in [2.05, 4.69) is 99.2 Å². The monoisotopic (exact) mass is 432 g/mol. The molecule has 4 rings (SSSR count). The molecule has 0 atom stereocenters. The highest BCUT2D eigenvalue weighted by molar-refractivity contribution is 14.1.